The van der Waals surface area contributed by atoms with E-state index in [4.69, 9.17) is 19.7 Å². The molecule has 2 heterocycles. The number of aromatic nitrogens is 4. The number of hydrogen-bond acceptors (Lipinski definition) is 8. The minimum Gasteiger partial charge on any atom is -0.382 e. The average Bonchev–Trinajstić information content (AvgIpc) is 3.32. The van der Waals surface area contributed by atoms with Crippen LogP contribution in [0.4, 0.5) is 5.82 Å². The first kappa shape index (κ1) is 35.6. The van der Waals surface area contributed by atoms with Crippen LogP contribution in [0.1, 0.15) is 118 Å². The van der Waals surface area contributed by atoms with E-state index in [1.165, 1.54) is 83.4 Å². The Morgan fingerprint density at radius 3 is 2.07 bits per heavy atom. The van der Waals surface area contributed by atoms with Gasteiger partial charge in [-0.2, -0.15) is 0 Å². The lowest BCUT2D eigenvalue weighted by molar-refractivity contribution is 0.0610. The first-order chi connectivity index (χ1) is 19.6. The molecule has 10 nitrogen and oxygen atoms in total. The molecule has 0 fully saturated rings. The summed E-state index contributed by atoms with van der Waals surface area (Å²) in [6, 6.07) is 0. The number of anilines is 1. The molecule has 0 saturated heterocycles. The second kappa shape index (κ2) is 19.6. The Bertz CT molecular complexity index is 1010. The molecule has 1 unspecified atom stereocenters. The van der Waals surface area contributed by atoms with Gasteiger partial charge in [-0.25, -0.2) is 15.0 Å². The molecule has 11 heteroatoms. The number of nitrogens with two attached hydrogens (primary N) is 1. The predicted octanol–water partition coefficient (Wildman–Crippen LogP) is 7.50. The molecule has 3 N–H and O–H groups in total. The van der Waals surface area contributed by atoms with Crippen LogP contribution in [-0.4, -0.2) is 56.7 Å². The molecule has 0 aliphatic carbocycles. The van der Waals surface area contributed by atoms with Crippen LogP contribution in [0.25, 0.3) is 11.2 Å². The summed E-state index contributed by atoms with van der Waals surface area (Å²) in [5, 5.41) is 0. The Balaban J connectivity index is 1.36. The van der Waals surface area contributed by atoms with E-state index < -0.39 is 13.9 Å². The van der Waals surface area contributed by atoms with Crippen molar-refractivity contribution in [2.75, 3.05) is 31.9 Å². The highest BCUT2D eigenvalue weighted by atomic mass is 31.2. The minimum absolute atomic E-state index is 0.0603. The van der Waals surface area contributed by atoms with Crippen molar-refractivity contribution < 1.29 is 23.5 Å². The van der Waals surface area contributed by atoms with Crippen molar-refractivity contribution in [3.63, 3.8) is 0 Å². The number of fused-ring (bicyclic) bond motifs is 1. The molecule has 41 heavy (non-hydrogen) atoms. The zero-order valence-electron chi connectivity index (χ0n) is 26.1. The maximum atomic E-state index is 12.3. The van der Waals surface area contributed by atoms with E-state index in [0.29, 0.717) is 42.2 Å². The number of ether oxygens (including phenoxy) is 2. The summed E-state index contributed by atoms with van der Waals surface area (Å²) >= 11 is 0. The highest BCUT2D eigenvalue weighted by Crippen LogP contribution is 2.41. The fourth-order valence-corrected chi connectivity index (χ4v) is 5.64. The number of unbranched alkanes of at least 4 members (excludes halogenated alkanes) is 12. The van der Waals surface area contributed by atoms with E-state index in [-0.39, 0.29) is 12.7 Å². The van der Waals surface area contributed by atoms with E-state index in [0.717, 1.165) is 12.8 Å². The van der Waals surface area contributed by atoms with Crippen LogP contribution in [0, 0.1) is 5.41 Å². The summed E-state index contributed by atoms with van der Waals surface area (Å²) < 4.78 is 30.3. The monoisotopic (exact) mass is 597 g/mol. The number of nitrogens with zero attached hydrogens (tertiary/aromatic N) is 4. The van der Waals surface area contributed by atoms with Gasteiger partial charge in [-0.3, -0.25) is 4.57 Å². The quantitative estimate of drug-likeness (QED) is 0.0931. The van der Waals surface area contributed by atoms with Gasteiger partial charge in [-0.1, -0.05) is 97.8 Å². The van der Waals surface area contributed by atoms with Gasteiger partial charge in [0.15, 0.2) is 11.5 Å². The smallest absolute Gasteiger partial charge is 0.353 e. The van der Waals surface area contributed by atoms with Gasteiger partial charge < -0.3 is 29.2 Å². The van der Waals surface area contributed by atoms with Crippen LogP contribution < -0.4 is 5.73 Å². The van der Waals surface area contributed by atoms with Crippen molar-refractivity contribution in [1.29, 1.82) is 0 Å². The van der Waals surface area contributed by atoms with Gasteiger partial charge in [0.25, 0.3) is 0 Å². The van der Waals surface area contributed by atoms with Crippen LogP contribution in [0.3, 0.4) is 0 Å². The summed E-state index contributed by atoms with van der Waals surface area (Å²) in [5.41, 5.74) is 7.40. The fourth-order valence-electron chi connectivity index (χ4n) is 4.77. The van der Waals surface area contributed by atoms with E-state index in [9.17, 15) is 9.46 Å². The highest BCUT2D eigenvalue weighted by molar-refractivity contribution is 7.52. The first-order valence-electron chi connectivity index (χ1n) is 15.6. The van der Waals surface area contributed by atoms with Gasteiger partial charge in [0.2, 0.25) is 0 Å². The molecule has 236 valence electrons. The molecule has 0 aliphatic heterocycles. The van der Waals surface area contributed by atoms with Crippen LogP contribution in [0.5, 0.6) is 0 Å². The average molecular weight is 598 g/mol. The zero-order chi connectivity index (χ0) is 30.0. The SMILES string of the molecule is C[C@H](Cn1cnc2c(N)ncnc21)OCP(=O)(O)OCCOCCCCCCCCCCCCCCCC(C)(C)C. The van der Waals surface area contributed by atoms with E-state index in [1.807, 2.05) is 0 Å². The number of nitrogen functional groups attached to an aromatic ring is 1. The molecule has 0 amide bonds. The van der Waals surface area contributed by atoms with Crippen LogP contribution >= 0.6 is 7.60 Å². The fraction of sp³-hybridized carbons (Fsp3) is 0.833. The van der Waals surface area contributed by atoms with Crippen molar-refractivity contribution in [3.05, 3.63) is 12.7 Å². The van der Waals surface area contributed by atoms with Crippen LogP contribution in [0.15, 0.2) is 12.7 Å². The van der Waals surface area contributed by atoms with Crippen LogP contribution in [0.2, 0.25) is 0 Å². The molecule has 0 radical (unpaired) electrons. The van der Waals surface area contributed by atoms with Gasteiger partial charge in [0.05, 0.1) is 32.2 Å². The van der Waals surface area contributed by atoms with E-state index in [2.05, 4.69) is 35.7 Å². The molecule has 2 aromatic rings. The molecule has 0 aliphatic rings. The number of hydrogen-bond donors (Lipinski definition) is 2. The second-order valence-electron chi connectivity index (χ2n) is 12.4. The Hall–Kier alpha value is -1.58. The van der Waals surface area contributed by atoms with Crippen molar-refractivity contribution >= 4 is 24.6 Å². The second-order valence-corrected chi connectivity index (χ2v) is 14.2. The topological polar surface area (TPSA) is 135 Å². The molecule has 2 aromatic heterocycles. The summed E-state index contributed by atoms with van der Waals surface area (Å²) in [7, 11) is -3.86. The molecular formula is C30H56N5O5P. The van der Waals surface area contributed by atoms with Gasteiger partial charge in [0.1, 0.15) is 18.2 Å². The summed E-state index contributed by atoms with van der Waals surface area (Å²) in [6.45, 7) is 10.2. The van der Waals surface area contributed by atoms with Crippen molar-refractivity contribution in [2.24, 2.45) is 5.41 Å². The molecule has 2 atom stereocenters. The van der Waals surface area contributed by atoms with Gasteiger partial charge in [-0.15, -0.1) is 0 Å². The molecule has 2 rings (SSSR count). The Morgan fingerprint density at radius 1 is 0.878 bits per heavy atom. The van der Waals surface area contributed by atoms with Crippen molar-refractivity contribution in [2.45, 2.75) is 130 Å². The lowest BCUT2D eigenvalue weighted by Gasteiger charge is -2.17. The molecular weight excluding hydrogens is 541 g/mol. The number of rotatable bonds is 24. The Labute approximate surface area is 247 Å². The normalized spacial score (nSPS) is 14.5. The van der Waals surface area contributed by atoms with Gasteiger partial charge in [0, 0.05) is 6.61 Å². The van der Waals surface area contributed by atoms with Crippen LogP contribution in [-0.2, 0) is 25.1 Å². The van der Waals surface area contributed by atoms with Crippen molar-refractivity contribution in [1.82, 2.24) is 19.5 Å². The third-order valence-corrected chi connectivity index (χ3v) is 8.20. The summed E-state index contributed by atoms with van der Waals surface area (Å²) in [5.74, 6) is 0.307. The van der Waals surface area contributed by atoms with E-state index >= 15 is 0 Å². The molecule has 0 bridgehead atoms. The largest absolute Gasteiger partial charge is 0.382 e. The highest BCUT2D eigenvalue weighted by Gasteiger charge is 2.22. The predicted molar refractivity (Wildman–Crippen MR) is 166 cm³/mol. The standard InChI is InChI=1S/C30H56N5O5P/c1-26(22-35-24-34-27-28(31)32-23-33-29(27)35)39-25-41(36,37)40-21-20-38-19-17-15-13-11-9-7-5-6-8-10-12-14-16-18-30(2,3)4/h23-24,26H,5-22,25H2,1-4H3,(H,36,37)(H2,31,32,33)/t26-/m1/s1. The molecule has 0 aromatic carbocycles. The Kier molecular flexibility index (Phi) is 17.0. The lowest BCUT2D eigenvalue weighted by atomic mass is 9.89. The van der Waals surface area contributed by atoms with Gasteiger partial charge >= 0.3 is 7.60 Å². The lowest BCUT2D eigenvalue weighted by Crippen LogP contribution is -2.18. The van der Waals surface area contributed by atoms with Gasteiger partial charge in [-0.05, 0) is 25.2 Å². The Morgan fingerprint density at radius 2 is 1.46 bits per heavy atom. The maximum Gasteiger partial charge on any atom is 0.353 e. The minimum atomic E-state index is -3.86. The third-order valence-electron chi connectivity index (χ3n) is 7.14. The number of imidazole rings is 1. The maximum absolute atomic E-state index is 12.3. The van der Waals surface area contributed by atoms with E-state index in [1.54, 1.807) is 17.8 Å². The van der Waals surface area contributed by atoms with Crippen molar-refractivity contribution in [3.8, 4) is 0 Å². The summed E-state index contributed by atoms with van der Waals surface area (Å²) in [6.07, 6.45) is 20.7. The molecule has 0 spiro atoms. The summed E-state index contributed by atoms with van der Waals surface area (Å²) in [4.78, 5) is 22.4. The first-order valence-corrected chi connectivity index (χ1v) is 17.4. The third kappa shape index (κ3) is 16.6. The zero-order valence-corrected chi connectivity index (χ0v) is 27.0. The molecule has 0 saturated carbocycles.